The van der Waals surface area contributed by atoms with Crippen molar-refractivity contribution in [3.8, 4) is 0 Å². The Kier molecular flexibility index (Phi) is 8.94. The topological polar surface area (TPSA) is 58.9 Å². The lowest BCUT2D eigenvalue weighted by Crippen LogP contribution is -2.38. The van der Waals surface area contributed by atoms with E-state index in [4.69, 9.17) is 21.1 Å². The Labute approximate surface area is 191 Å². The number of rotatable bonds is 10. The molecule has 2 N–H and O–H groups in total. The molecule has 0 radical (unpaired) electrons. The van der Waals surface area contributed by atoms with Crippen molar-refractivity contribution in [2.45, 2.75) is 75.3 Å². The highest BCUT2D eigenvalue weighted by Crippen LogP contribution is 2.39. The summed E-state index contributed by atoms with van der Waals surface area (Å²) in [6, 6.07) is 5.88. The highest BCUT2D eigenvalue weighted by Gasteiger charge is 2.35. The van der Waals surface area contributed by atoms with Gasteiger partial charge in [0.25, 0.3) is 0 Å². The van der Waals surface area contributed by atoms with Gasteiger partial charge in [-0.15, -0.1) is 0 Å². The number of allylic oxidation sites excluding steroid dienone is 5. The molecule has 1 aromatic carbocycles. The maximum atomic E-state index is 10.1. The third-order valence-electron chi connectivity index (χ3n) is 6.55. The van der Waals surface area contributed by atoms with Crippen molar-refractivity contribution in [2.24, 2.45) is 0 Å². The zero-order valence-corrected chi connectivity index (χ0v) is 19.2. The third-order valence-corrected chi connectivity index (χ3v) is 6.91. The number of methoxy groups -OCH3 is 1. The molecule has 0 bridgehead atoms. The minimum atomic E-state index is -0.472. The van der Waals surface area contributed by atoms with Crippen molar-refractivity contribution >= 4 is 11.6 Å². The normalized spacial score (nSPS) is 26.1. The third kappa shape index (κ3) is 6.53. The molecular formula is C26H35ClO4. The largest absolute Gasteiger partial charge is 0.394 e. The van der Waals surface area contributed by atoms with E-state index >= 15 is 0 Å². The average molecular weight is 447 g/mol. The summed E-state index contributed by atoms with van der Waals surface area (Å²) in [4.78, 5) is 0. The molecule has 1 heterocycles. The van der Waals surface area contributed by atoms with Gasteiger partial charge in [-0.1, -0.05) is 54.6 Å². The Hall–Kier alpha value is -1.43. The first kappa shape index (κ1) is 24.2. The van der Waals surface area contributed by atoms with E-state index in [2.05, 4.69) is 24.8 Å². The number of aliphatic hydroxyl groups excluding tert-OH is 2. The lowest BCUT2D eigenvalue weighted by Gasteiger charge is -2.40. The van der Waals surface area contributed by atoms with Crippen LogP contribution in [0.5, 0.6) is 0 Å². The molecule has 31 heavy (non-hydrogen) atoms. The fourth-order valence-electron chi connectivity index (χ4n) is 4.51. The Morgan fingerprint density at radius 2 is 2.16 bits per heavy atom. The van der Waals surface area contributed by atoms with Crippen LogP contribution < -0.4 is 0 Å². The van der Waals surface area contributed by atoms with Gasteiger partial charge in [-0.05, 0) is 61.3 Å². The van der Waals surface area contributed by atoms with Crippen molar-refractivity contribution in [1.82, 2.24) is 0 Å². The van der Waals surface area contributed by atoms with Gasteiger partial charge in [-0.3, -0.25) is 0 Å². The van der Waals surface area contributed by atoms with Crippen LogP contribution in [0, 0.1) is 0 Å². The highest BCUT2D eigenvalue weighted by molar-refractivity contribution is 6.31. The minimum absolute atomic E-state index is 0.0846. The Morgan fingerprint density at radius 1 is 1.35 bits per heavy atom. The van der Waals surface area contributed by atoms with E-state index in [9.17, 15) is 10.2 Å². The van der Waals surface area contributed by atoms with Gasteiger partial charge >= 0.3 is 0 Å². The number of halogens is 1. The van der Waals surface area contributed by atoms with Crippen molar-refractivity contribution in [3.63, 3.8) is 0 Å². The summed E-state index contributed by atoms with van der Waals surface area (Å²) in [5.41, 5.74) is 3.20. The van der Waals surface area contributed by atoms with Crippen LogP contribution in [-0.4, -0.2) is 41.7 Å². The fourth-order valence-corrected chi connectivity index (χ4v) is 4.69. The predicted octanol–water partition coefficient (Wildman–Crippen LogP) is 5.47. The van der Waals surface area contributed by atoms with Crippen LogP contribution in [0.3, 0.4) is 0 Å². The minimum Gasteiger partial charge on any atom is -0.394 e. The summed E-state index contributed by atoms with van der Waals surface area (Å²) >= 11 is 6.51. The molecule has 1 aliphatic carbocycles. The molecule has 3 atom stereocenters. The molecular weight excluding hydrogens is 412 g/mol. The standard InChI is InChI=1S/C26H35ClO4/c1-3-7-19(8-4-5-11-26(30-2)12-6-13-26)14-21-15-20(9-10-24(21)27)25-17-22(29)16-23(18-28)31-25/h3-4,7-10,15,22-23,25,28-29H,1,5-6,11-14,16-18H2,2H3/b8-4+,19-7+. The van der Waals surface area contributed by atoms with E-state index < -0.39 is 6.10 Å². The molecule has 2 aliphatic rings. The van der Waals surface area contributed by atoms with Gasteiger partial charge in [-0.2, -0.15) is 0 Å². The van der Waals surface area contributed by atoms with E-state index in [0.717, 1.165) is 42.4 Å². The second-order valence-corrected chi connectivity index (χ2v) is 9.15. The Morgan fingerprint density at radius 3 is 2.81 bits per heavy atom. The Balaban J connectivity index is 1.67. The summed E-state index contributed by atoms with van der Waals surface area (Å²) in [6.07, 6.45) is 14.4. The second-order valence-electron chi connectivity index (χ2n) is 8.74. The van der Waals surface area contributed by atoms with Crippen molar-refractivity contribution < 1.29 is 19.7 Å². The monoisotopic (exact) mass is 446 g/mol. The summed E-state index contributed by atoms with van der Waals surface area (Å²) in [5, 5.41) is 20.3. The molecule has 2 fully saturated rings. The van der Waals surface area contributed by atoms with Gasteiger partial charge < -0.3 is 19.7 Å². The molecule has 4 nitrogen and oxygen atoms in total. The maximum absolute atomic E-state index is 10.1. The lowest BCUT2D eigenvalue weighted by molar-refractivity contribution is -0.113. The summed E-state index contributed by atoms with van der Waals surface area (Å²) in [7, 11) is 1.82. The van der Waals surface area contributed by atoms with Gasteiger partial charge in [0.15, 0.2) is 0 Å². The number of aliphatic hydroxyl groups is 2. The first-order valence-corrected chi connectivity index (χ1v) is 11.6. The van der Waals surface area contributed by atoms with Gasteiger partial charge in [0, 0.05) is 25.0 Å². The summed E-state index contributed by atoms with van der Waals surface area (Å²) < 4.78 is 11.7. The summed E-state index contributed by atoms with van der Waals surface area (Å²) in [6.45, 7) is 3.76. The average Bonchev–Trinajstić information content (AvgIpc) is 2.73. The first-order chi connectivity index (χ1) is 15.0. The van der Waals surface area contributed by atoms with Crippen LogP contribution in [0.15, 0.2) is 54.7 Å². The van der Waals surface area contributed by atoms with Crippen molar-refractivity contribution in [3.05, 3.63) is 70.8 Å². The Bertz CT molecular complexity index is 791. The van der Waals surface area contributed by atoms with Crippen LogP contribution in [0.4, 0.5) is 0 Å². The number of hydrogen-bond acceptors (Lipinski definition) is 4. The van der Waals surface area contributed by atoms with Crippen LogP contribution in [-0.2, 0) is 15.9 Å². The smallest absolute Gasteiger partial charge is 0.0854 e. The van der Waals surface area contributed by atoms with Crippen LogP contribution in [0.25, 0.3) is 0 Å². The molecule has 1 aliphatic heterocycles. The van der Waals surface area contributed by atoms with Crippen molar-refractivity contribution in [2.75, 3.05) is 13.7 Å². The van der Waals surface area contributed by atoms with Gasteiger partial charge in [-0.25, -0.2) is 0 Å². The van der Waals surface area contributed by atoms with E-state index in [1.54, 1.807) is 6.08 Å². The number of ether oxygens (including phenoxy) is 2. The molecule has 0 amide bonds. The van der Waals surface area contributed by atoms with Gasteiger partial charge in [0.05, 0.1) is 30.5 Å². The second kappa shape index (κ2) is 11.4. The van der Waals surface area contributed by atoms with Crippen LogP contribution >= 0.6 is 11.6 Å². The zero-order valence-electron chi connectivity index (χ0n) is 18.4. The molecule has 1 saturated carbocycles. The van der Waals surface area contributed by atoms with E-state index in [-0.39, 0.29) is 24.4 Å². The fraction of sp³-hybridized carbons (Fsp3) is 0.538. The van der Waals surface area contributed by atoms with Gasteiger partial charge in [0.1, 0.15) is 0 Å². The molecule has 1 aromatic rings. The van der Waals surface area contributed by atoms with E-state index in [1.165, 1.54) is 6.42 Å². The first-order valence-electron chi connectivity index (χ1n) is 11.2. The molecule has 3 unspecified atom stereocenters. The molecule has 0 spiro atoms. The van der Waals surface area contributed by atoms with Gasteiger partial charge in [0.2, 0.25) is 0 Å². The van der Waals surface area contributed by atoms with E-state index in [0.29, 0.717) is 24.3 Å². The van der Waals surface area contributed by atoms with Crippen LogP contribution in [0.2, 0.25) is 5.02 Å². The number of hydrogen-bond donors (Lipinski definition) is 2. The molecule has 170 valence electrons. The maximum Gasteiger partial charge on any atom is 0.0854 e. The number of benzene rings is 1. The highest BCUT2D eigenvalue weighted by atomic mass is 35.5. The van der Waals surface area contributed by atoms with Crippen molar-refractivity contribution in [1.29, 1.82) is 0 Å². The van der Waals surface area contributed by atoms with Crippen LogP contribution in [0.1, 0.15) is 62.2 Å². The lowest BCUT2D eigenvalue weighted by atomic mass is 9.77. The van der Waals surface area contributed by atoms with E-state index in [1.807, 2.05) is 25.3 Å². The quantitative estimate of drug-likeness (QED) is 0.467. The molecule has 3 rings (SSSR count). The summed E-state index contributed by atoms with van der Waals surface area (Å²) in [5.74, 6) is 0. The molecule has 5 heteroatoms. The predicted molar refractivity (Wildman–Crippen MR) is 125 cm³/mol. The molecule has 0 aromatic heterocycles. The zero-order chi connectivity index (χ0) is 22.3. The molecule has 1 saturated heterocycles. The SMILES string of the molecule is C=C/C=C(\C=C\CCC1(OC)CCC1)Cc1cc(C2CC(O)CC(CO)O2)ccc1Cl.